The van der Waals surface area contributed by atoms with Crippen LogP contribution in [0.1, 0.15) is 60.3 Å². The molecule has 0 aliphatic rings. The Labute approximate surface area is 217 Å². The van der Waals surface area contributed by atoms with Crippen molar-refractivity contribution in [1.82, 2.24) is 4.90 Å². The van der Waals surface area contributed by atoms with Crippen LogP contribution in [-0.4, -0.2) is 38.6 Å². The van der Waals surface area contributed by atoms with Gasteiger partial charge in [0.2, 0.25) is 0 Å². The average molecular weight is 508 g/mol. The predicted octanol–water partition coefficient (Wildman–Crippen LogP) is 6.40. The van der Waals surface area contributed by atoms with E-state index in [1.54, 1.807) is 18.2 Å². The Bertz CT molecular complexity index is 1050. The standard InChI is InChI=1S/C30H41NO4Si/c1-23(27(26-20-15-21-33-26)31(8)28(32)35-29(2,3)4)22-34-36(30(5,6)7,24-16-11-9-12-17-24)25-18-13-10-14-19-25/h9-21,23,27H,22H2,1-8H3/t23?,27-/m0/s1. The smallest absolute Gasteiger partial charge is 0.410 e. The average Bonchev–Trinajstić information content (AvgIpc) is 3.33. The second kappa shape index (κ2) is 11.1. The molecule has 6 heteroatoms. The zero-order valence-corrected chi connectivity index (χ0v) is 23.9. The third-order valence-corrected chi connectivity index (χ3v) is 11.5. The number of carbonyl (C=O) groups excluding carboxylic acids is 1. The van der Waals surface area contributed by atoms with Gasteiger partial charge in [0.15, 0.2) is 0 Å². The minimum atomic E-state index is -2.71. The number of hydrogen-bond acceptors (Lipinski definition) is 4. The zero-order valence-electron chi connectivity index (χ0n) is 22.9. The lowest BCUT2D eigenvalue weighted by atomic mass is 9.99. The number of hydrogen-bond donors (Lipinski definition) is 0. The summed E-state index contributed by atoms with van der Waals surface area (Å²) >= 11 is 0. The van der Waals surface area contributed by atoms with E-state index < -0.39 is 13.9 Å². The molecule has 0 radical (unpaired) electrons. The summed E-state index contributed by atoms with van der Waals surface area (Å²) < 4.78 is 18.6. The number of carbonyl (C=O) groups is 1. The lowest BCUT2D eigenvalue weighted by molar-refractivity contribution is 0.0110. The van der Waals surface area contributed by atoms with Gasteiger partial charge in [0, 0.05) is 19.6 Å². The highest BCUT2D eigenvalue weighted by molar-refractivity contribution is 6.99. The van der Waals surface area contributed by atoms with Crippen LogP contribution in [0.3, 0.4) is 0 Å². The molecule has 0 fully saturated rings. The molecule has 5 nitrogen and oxygen atoms in total. The molecule has 2 aromatic carbocycles. The molecule has 1 amide bonds. The molecule has 0 bridgehead atoms. The summed E-state index contributed by atoms with van der Waals surface area (Å²) in [5.74, 6) is 0.650. The van der Waals surface area contributed by atoms with E-state index >= 15 is 0 Å². The van der Waals surface area contributed by atoms with Crippen molar-refractivity contribution in [3.05, 3.63) is 84.8 Å². The highest BCUT2D eigenvalue weighted by Gasteiger charge is 2.50. The van der Waals surface area contributed by atoms with Gasteiger partial charge in [-0.15, -0.1) is 0 Å². The van der Waals surface area contributed by atoms with Crippen LogP contribution in [0, 0.1) is 5.92 Å². The summed E-state index contributed by atoms with van der Waals surface area (Å²) in [6.45, 7) is 15.0. The van der Waals surface area contributed by atoms with Gasteiger partial charge < -0.3 is 18.5 Å². The van der Waals surface area contributed by atoms with E-state index in [0.717, 1.165) is 0 Å². The zero-order chi connectivity index (χ0) is 26.6. The van der Waals surface area contributed by atoms with Crippen LogP contribution in [0.5, 0.6) is 0 Å². The van der Waals surface area contributed by atoms with Gasteiger partial charge in [-0.05, 0) is 48.3 Å². The maximum Gasteiger partial charge on any atom is 0.410 e. The van der Waals surface area contributed by atoms with E-state index in [-0.39, 0.29) is 23.1 Å². The lowest BCUT2D eigenvalue weighted by Crippen LogP contribution is -2.67. The molecule has 1 unspecified atom stereocenters. The van der Waals surface area contributed by atoms with Crippen molar-refractivity contribution >= 4 is 24.8 Å². The first-order valence-corrected chi connectivity index (χ1v) is 14.5. The molecule has 0 saturated heterocycles. The van der Waals surface area contributed by atoms with Gasteiger partial charge in [0.05, 0.1) is 12.3 Å². The molecule has 1 heterocycles. The fourth-order valence-corrected chi connectivity index (χ4v) is 9.54. The SMILES string of the molecule is CC(CO[Si](c1ccccc1)(c1ccccc1)C(C)(C)C)[C@@H](c1ccco1)N(C)C(=O)OC(C)(C)C. The Morgan fingerprint density at radius 3 is 1.83 bits per heavy atom. The second-order valence-electron chi connectivity index (χ2n) is 11.5. The molecule has 194 valence electrons. The van der Waals surface area contributed by atoms with Gasteiger partial charge >= 0.3 is 6.09 Å². The number of amides is 1. The quantitative estimate of drug-likeness (QED) is 0.331. The first-order chi connectivity index (χ1) is 16.9. The van der Waals surface area contributed by atoms with Crippen LogP contribution in [-0.2, 0) is 9.16 Å². The fraction of sp³-hybridized carbons (Fsp3) is 0.433. The predicted molar refractivity (Wildman–Crippen MR) is 148 cm³/mol. The maximum absolute atomic E-state index is 13.0. The van der Waals surface area contributed by atoms with Crippen LogP contribution >= 0.6 is 0 Å². The van der Waals surface area contributed by atoms with Crippen LogP contribution < -0.4 is 10.4 Å². The molecular weight excluding hydrogens is 466 g/mol. The number of ether oxygens (including phenoxy) is 1. The molecule has 2 atom stereocenters. The summed E-state index contributed by atoms with van der Waals surface area (Å²) in [5.41, 5.74) is -0.590. The Morgan fingerprint density at radius 1 is 0.889 bits per heavy atom. The van der Waals surface area contributed by atoms with E-state index in [0.29, 0.717) is 12.4 Å². The third kappa shape index (κ3) is 6.10. The van der Waals surface area contributed by atoms with Gasteiger partial charge in [-0.25, -0.2) is 4.79 Å². The summed E-state index contributed by atoms with van der Waals surface area (Å²) in [4.78, 5) is 14.7. The summed E-state index contributed by atoms with van der Waals surface area (Å²) in [5, 5.41) is 2.32. The van der Waals surface area contributed by atoms with Crippen LogP contribution in [0.4, 0.5) is 4.79 Å². The number of nitrogens with zero attached hydrogens (tertiary/aromatic N) is 1. The van der Waals surface area contributed by atoms with E-state index in [2.05, 4.69) is 76.2 Å². The normalized spacial score (nSPS) is 14.2. The van der Waals surface area contributed by atoms with Gasteiger partial charge in [0.25, 0.3) is 8.32 Å². The number of rotatable bonds is 8. The summed E-state index contributed by atoms with van der Waals surface area (Å²) in [6, 6.07) is 24.6. The monoisotopic (exact) mass is 507 g/mol. The third-order valence-electron chi connectivity index (χ3n) is 6.45. The van der Waals surface area contributed by atoms with E-state index in [1.807, 2.05) is 45.0 Å². The Hall–Kier alpha value is -2.83. The Morgan fingerprint density at radius 2 is 1.42 bits per heavy atom. The van der Waals surface area contributed by atoms with Crippen molar-refractivity contribution in [3.63, 3.8) is 0 Å². The maximum atomic E-state index is 13.0. The van der Waals surface area contributed by atoms with E-state index in [1.165, 1.54) is 10.4 Å². The van der Waals surface area contributed by atoms with Crippen molar-refractivity contribution in [1.29, 1.82) is 0 Å². The molecule has 0 aliphatic heterocycles. The van der Waals surface area contributed by atoms with Gasteiger partial charge in [0.1, 0.15) is 11.4 Å². The minimum absolute atomic E-state index is 0.0599. The Kier molecular flexibility index (Phi) is 8.52. The van der Waals surface area contributed by atoms with Crippen molar-refractivity contribution in [2.75, 3.05) is 13.7 Å². The van der Waals surface area contributed by atoms with Crippen LogP contribution in [0.25, 0.3) is 0 Å². The van der Waals surface area contributed by atoms with E-state index in [4.69, 9.17) is 13.6 Å². The Balaban J connectivity index is 1.99. The van der Waals surface area contributed by atoms with Gasteiger partial charge in [-0.2, -0.15) is 0 Å². The molecule has 0 N–H and O–H groups in total. The van der Waals surface area contributed by atoms with Crippen molar-refractivity contribution in [2.24, 2.45) is 5.92 Å². The lowest BCUT2D eigenvalue weighted by Gasteiger charge is -2.44. The first kappa shape index (κ1) is 27.7. The van der Waals surface area contributed by atoms with E-state index in [9.17, 15) is 4.79 Å². The second-order valence-corrected chi connectivity index (χ2v) is 15.8. The minimum Gasteiger partial charge on any atom is -0.467 e. The van der Waals surface area contributed by atoms with Crippen molar-refractivity contribution in [2.45, 2.75) is 65.1 Å². The first-order valence-electron chi connectivity index (χ1n) is 12.6. The van der Waals surface area contributed by atoms with Crippen LogP contribution in [0.15, 0.2) is 83.5 Å². The fourth-order valence-electron chi connectivity index (χ4n) is 4.87. The van der Waals surface area contributed by atoms with Gasteiger partial charge in [-0.3, -0.25) is 0 Å². The molecule has 0 spiro atoms. The highest BCUT2D eigenvalue weighted by atomic mass is 28.4. The molecule has 0 saturated carbocycles. The largest absolute Gasteiger partial charge is 0.467 e. The van der Waals surface area contributed by atoms with Crippen molar-refractivity contribution in [3.8, 4) is 0 Å². The van der Waals surface area contributed by atoms with Crippen molar-refractivity contribution < 1.29 is 18.4 Å². The van der Waals surface area contributed by atoms with Gasteiger partial charge in [-0.1, -0.05) is 88.4 Å². The topological polar surface area (TPSA) is 51.9 Å². The summed E-state index contributed by atoms with van der Waals surface area (Å²) in [7, 11) is -0.944. The molecule has 3 rings (SSSR count). The molecule has 0 aliphatic carbocycles. The summed E-state index contributed by atoms with van der Waals surface area (Å²) in [6.07, 6.45) is 1.25. The molecule has 3 aromatic rings. The highest BCUT2D eigenvalue weighted by Crippen LogP contribution is 2.38. The molecular formula is C30H41NO4Si. The number of furan rings is 1. The molecule has 1 aromatic heterocycles. The van der Waals surface area contributed by atoms with Crippen LogP contribution in [0.2, 0.25) is 5.04 Å². The molecule has 36 heavy (non-hydrogen) atoms. The number of benzene rings is 2.